The van der Waals surface area contributed by atoms with E-state index in [2.05, 4.69) is 25.3 Å². The number of thiophene rings is 2. The highest BCUT2D eigenvalue weighted by molar-refractivity contribution is 7.18. The summed E-state index contributed by atoms with van der Waals surface area (Å²) in [4.78, 5) is 48.1. The number of fused-ring (bicyclic) bond motifs is 4. The van der Waals surface area contributed by atoms with E-state index >= 15 is 0 Å². The van der Waals surface area contributed by atoms with Crippen LogP contribution in [-0.4, -0.2) is 38.0 Å². The number of hydrogen-bond acceptors (Lipinski definition) is 7. The van der Waals surface area contributed by atoms with E-state index in [1.165, 1.54) is 0 Å². The monoisotopic (exact) mass is 630 g/mol. The van der Waals surface area contributed by atoms with Crippen LogP contribution >= 0.6 is 22.7 Å². The average molecular weight is 631 g/mol. The molecule has 0 fully saturated rings. The third kappa shape index (κ3) is 6.35. The summed E-state index contributed by atoms with van der Waals surface area (Å²) in [5, 5.41) is 10.6. The number of benzene rings is 2. The Morgan fingerprint density at radius 1 is 0.733 bits per heavy atom. The van der Waals surface area contributed by atoms with Gasteiger partial charge < -0.3 is 21.0 Å². The molecular formula is C34H26N6O3S2. The van der Waals surface area contributed by atoms with Crippen LogP contribution in [0.25, 0.3) is 42.2 Å². The molecule has 222 valence electrons. The van der Waals surface area contributed by atoms with Crippen molar-refractivity contribution in [1.29, 1.82) is 0 Å². The van der Waals surface area contributed by atoms with Gasteiger partial charge in [0.15, 0.2) is 6.29 Å². The molecule has 45 heavy (non-hydrogen) atoms. The Balaban J connectivity index is 0.000000131. The van der Waals surface area contributed by atoms with Crippen molar-refractivity contribution in [2.75, 3.05) is 0 Å². The van der Waals surface area contributed by atoms with Crippen LogP contribution in [0.4, 0.5) is 0 Å². The second-order valence-electron chi connectivity index (χ2n) is 9.81. The SMILES string of the molecule is NC(=O)c1csc2ccccc12.O=C(NCc1c[nH]c2ncccc12)c1csc2ccccc12.O=Cc1c[nH]c2ncccc12. The summed E-state index contributed by atoms with van der Waals surface area (Å²) in [7, 11) is 0. The summed E-state index contributed by atoms with van der Waals surface area (Å²) in [5.41, 5.74) is 9.85. The predicted molar refractivity (Wildman–Crippen MR) is 181 cm³/mol. The van der Waals surface area contributed by atoms with Gasteiger partial charge in [0.05, 0.1) is 11.1 Å². The fraction of sp³-hybridized carbons (Fsp3) is 0.0294. The predicted octanol–water partition coefficient (Wildman–Crippen LogP) is 7.08. The van der Waals surface area contributed by atoms with Crippen molar-refractivity contribution < 1.29 is 14.4 Å². The van der Waals surface area contributed by atoms with Crippen LogP contribution in [0.2, 0.25) is 0 Å². The summed E-state index contributed by atoms with van der Waals surface area (Å²) in [6, 6.07) is 23.3. The normalized spacial score (nSPS) is 10.7. The minimum Gasteiger partial charge on any atom is -0.366 e. The molecule has 0 atom stereocenters. The number of aromatic amines is 2. The molecule has 0 saturated carbocycles. The molecule has 11 heteroatoms. The molecule has 6 aromatic heterocycles. The van der Waals surface area contributed by atoms with Gasteiger partial charge in [0, 0.05) is 78.6 Å². The van der Waals surface area contributed by atoms with Gasteiger partial charge in [-0.25, -0.2) is 9.97 Å². The number of nitrogens with zero attached hydrogens (tertiary/aromatic N) is 2. The summed E-state index contributed by atoms with van der Waals surface area (Å²) in [5.74, 6) is -0.400. The van der Waals surface area contributed by atoms with Crippen LogP contribution in [0.1, 0.15) is 36.6 Å². The van der Waals surface area contributed by atoms with Gasteiger partial charge in [0.25, 0.3) is 5.91 Å². The summed E-state index contributed by atoms with van der Waals surface area (Å²) in [6.45, 7) is 0.481. The molecule has 6 heterocycles. The van der Waals surface area contributed by atoms with E-state index < -0.39 is 0 Å². The number of hydrogen-bond donors (Lipinski definition) is 4. The van der Waals surface area contributed by atoms with E-state index in [0.717, 1.165) is 59.7 Å². The third-order valence-corrected chi connectivity index (χ3v) is 8.99. The fourth-order valence-corrected chi connectivity index (χ4v) is 6.72. The molecule has 0 bridgehead atoms. The lowest BCUT2D eigenvalue weighted by molar-refractivity contribution is 0.0951. The van der Waals surface area contributed by atoms with Crippen LogP contribution in [0.5, 0.6) is 0 Å². The van der Waals surface area contributed by atoms with E-state index in [-0.39, 0.29) is 11.8 Å². The molecule has 8 aromatic rings. The summed E-state index contributed by atoms with van der Waals surface area (Å²) >= 11 is 3.13. The molecule has 9 nitrogen and oxygen atoms in total. The van der Waals surface area contributed by atoms with Gasteiger partial charge in [-0.1, -0.05) is 36.4 Å². The second-order valence-corrected chi connectivity index (χ2v) is 11.6. The number of nitrogens with two attached hydrogens (primary N) is 1. The highest BCUT2D eigenvalue weighted by atomic mass is 32.1. The fourth-order valence-electron chi connectivity index (χ4n) is 4.83. The van der Waals surface area contributed by atoms with Crippen LogP contribution < -0.4 is 11.1 Å². The van der Waals surface area contributed by atoms with Crippen molar-refractivity contribution in [2.24, 2.45) is 5.73 Å². The van der Waals surface area contributed by atoms with Crippen LogP contribution in [0.15, 0.2) is 108 Å². The van der Waals surface area contributed by atoms with Crippen molar-refractivity contribution >= 4 is 83.0 Å². The van der Waals surface area contributed by atoms with Crippen molar-refractivity contribution in [3.63, 3.8) is 0 Å². The maximum absolute atomic E-state index is 12.4. The van der Waals surface area contributed by atoms with E-state index in [9.17, 15) is 14.4 Å². The average Bonchev–Trinajstić information content (AvgIpc) is 3.88. The van der Waals surface area contributed by atoms with E-state index in [4.69, 9.17) is 5.73 Å². The molecule has 0 saturated heterocycles. The quantitative estimate of drug-likeness (QED) is 0.150. The maximum Gasteiger partial charge on any atom is 0.253 e. The number of amides is 2. The zero-order chi connectivity index (χ0) is 31.2. The lowest BCUT2D eigenvalue weighted by Crippen LogP contribution is -2.22. The number of carbonyl (C=O) groups is 3. The van der Waals surface area contributed by atoms with Crippen molar-refractivity contribution in [3.05, 3.63) is 131 Å². The molecule has 0 spiro atoms. The lowest BCUT2D eigenvalue weighted by atomic mass is 10.1. The van der Waals surface area contributed by atoms with Gasteiger partial charge in [-0.3, -0.25) is 14.4 Å². The number of rotatable bonds is 5. The second kappa shape index (κ2) is 13.3. The molecular weight excluding hydrogens is 605 g/mol. The number of H-pyrrole nitrogens is 2. The van der Waals surface area contributed by atoms with Crippen LogP contribution in [0, 0.1) is 0 Å². The van der Waals surface area contributed by atoms with Gasteiger partial charge in [-0.2, -0.15) is 0 Å². The molecule has 2 amide bonds. The first-order valence-corrected chi connectivity index (χ1v) is 15.6. The Kier molecular flexibility index (Phi) is 8.72. The zero-order valence-electron chi connectivity index (χ0n) is 23.7. The van der Waals surface area contributed by atoms with Crippen LogP contribution in [0.3, 0.4) is 0 Å². The molecule has 8 rings (SSSR count). The molecule has 0 radical (unpaired) electrons. The minimum absolute atomic E-state index is 0.0457. The Morgan fingerprint density at radius 3 is 1.96 bits per heavy atom. The Bertz CT molecular complexity index is 2280. The van der Waals surface area contributed by atoms with Gasteiger partial charge in [-0.05, 0) is 42.0 Å². The van der Waals surface area contributed by atoms with Gasteiger partial charge in [-0.15, -0.1) is 22.7 Å². The maximum atomic E-state index is 12.4. The zero-order valence-corrected chi connectivity index (χ0v) is 25.3. The van der Waals surface area contributed by atoms with E-state index in [1.54, 1.807) is 46.6 Å². The number of aromatic nitrogens is 4. The number of aldehydes is 1. The van der Waals surface area contributed by atoms with Crippen molar-refractivity contribution in [1.82, 2.24) is 25.3 Å². The largest absolute Gasteiger partial charge is 0.366 e. The number of primary amides is 1. The van der Waals surface area contributed by atoms with Gasteiger partial charge in [0.1, 0.15) is 11.3 Å². The standard InChI is InChI=1S/C17H13N3OS.C9H7NOS.C8H6N2O/c21-17(14-10-22-15-6-2-1-4-13(14)15)20-9-11-8-19-16-12(11)5-3-7-18-16;10-9(11)7-5-12-8-4-2-1-3-6(7)8;11-5-6-4-10-8-7(6)2-1-3-9-8/h1-8,10H,9H2,(H,18,19)(H,20,21);1-5H,(H2,10,11);1-5H,(H,9,10). The first-order chi connectivity index (χ1) is 22.0. The third-order valence-electron chi connectivity index (χ3n) is 7.06. The molecule has 0 unspecified atom stereocenters. The van der Waals surface area contributed by atoms with E-state index in [0.29, 0.717) is 17.7 Å². The molecule has 2 aromatic carbocycles. The molecule has 5 N–H and O–H groups in total. The first kappa shape index (κ1) is 29.4. The first-order valence-electron chi connectivity index (χ1n) is 13.8. The summed E-state index contributed by atoms with van der Waals surface area (Å²) in [6.07, 6.45) is 7.81. The van der Waals surface area contributed by atoms with E-state index in [1.807, 2.05) is 84.4 Å². The number of nitrogens with one attached hydrogen (secondary N) is 3. The van der Waals surface area contributed by atoms with Crippen molar-refractivity contribution in [2.45, 2.75) is 6.54 Å². The smallest absolute Gasteiger partial charge is 0.253 e. The van der Waals surface area contributed by atoms with Crippen LogP contribution in [-0.2, 0) is 6.54 Å². The Hall–Kier alpha value is -5.65. The lowest BCUT2D eigenvalue weighted by Gasteiger charge is -2.03. The van der Waals surface area contributed by atoms with Gasteiger partial charge >= 0.3 is 0 Å². The topological polar surface area (TPSA) is 147 Å². The van der Waals surface area contributed by atoms with Gasteiger partial charge in [0.2, 0.25) is 5.91 Å². The molecule has 0 aliphatic carbocycles. The minimum atomic E-state index is -0.354. The number of pyridine rings is 2. The summed E-state index contributed by atoms with van der Waals surface area (Å²) < 4.78 is 2.23. The Labute approximate surface area is 264 Å². The highest BCUT2D eigenvalue weighted by Crippen LogP contribution is 2.26. The highest BCUT2D eigenvalue weighted by Gasteiger charge is 2.13. The Morgan fingerprint density at radius 2 is 1.29 bits per heavy atom. The van der Waals surface area contributed by atoms with Crippen molar-refractivity contribution in [3.8, 4) is 0 Å². The molecule has 0 aliphatic heterocycles. The number of carbonyl (C=O) groups excluding carboxylic acids is 3. The molecule has 0 aliphatic rings.